The maximum Gasteiger partial charge on any atom is 0.414 e. The zero-order valence-corrected chi connectivity index (χ0v) is 30.2. The van der Waals surface area contributed by atoms with E-state index in [2.05, 4.69) is 5.32 Å². The molecule has 0 aliphatic heterocycles. The Morgan fingerprint density at radius 1 is 0.766 bits per heavy atom. The Kier molecular flexibility index (Phi) is 18.4. The van der Waals surface area contributed by atoms with Crippen LogP contribution < -0.4 is 5.32 Å². The van der Waals surface area contributed by atoms with Gasteiger partial charge in [-0.05, 0) is 102 Å². The lowest BCUT2D eigenvalue weighted by molar-refractivity contribution is -0.423. The van der Waals surface area contributed by atoms with Crippen molar-refractivity contribution >= 4 is 31.9 Å². The topological polar surface area (TPSA) is 179 Å². The Balaban J connectivity index is 6.29. The summed E-state index contributed by atoms with van der Waals surface area (Å²) < 4.78 is 26.1. The van der Waals surface area contributed by atoms with E-state index in [1.54, 1.807) is 74.2 Å². The quantitative estimate of drug-likeness (QED) is 0.0441. The fraction of sp³-hybridized carbons (Fsp3) is 0.800. The molecule has 3 amide bonds. The molecule has 0 bridgehead atoms. The van der Waals surface area contributed by atoms with E-state index in [1.165, 1.54) is 19.6 Å². The van der Waals surface area contributed by atoms with Crippen molar-refractivity contribution in [3.63, 3.8) is 0 Å². The lowest BCUT2D eigenvalue weighted by atomic mass is 10.1. The van der Waals surface area contributed by atoms with Gasteiger partial charge in [-0.3, -0.25) is 15.0 Å². The van der Waals surface area contributed by atoms with E-state index in [0.29, 0.717) is 19.4 Å². The van der Waals surface area contributed by atoms with Crippen molar-refractivity contribution in [2.24, 2.45) is 0 Å². The first-order chi connectivity index (χ1) is 21.5. The molecule has 0 aliphatic carbocycles. The molecule has 0 fully saturated rings. The molecule has 17 heteroatoms. The van der Waals surface area contributed by atoms with E-state index >= 15 is 0 Å². The third-order valence-electron chi connectivity index (χ3n) is 5.72. The third kappa shape index (κ3) is 19.6. The summed E-state index contributed by atoms with van der Waals surface area (Å²) in [6.45, 7) is 16.1. The van der Waals surface area contributed by atoms with E-state index in [-0.39, 0.29) is 44.7 Å². The van der Waals surface area contributed by atoms with Gasteiger partial charge >= 0.3 is 37.6 Å². The number of carbonyl (C=O) groups excluding carboxylic acids is 4. The van der Waals surface area contributed by atoms with E-state index in [9.17, 15) is 29.3 Å². The number of allylic oxidation sites excluding steroid dienone is 1. The molecule has 0 spiro atoms. The summed E-state index contributed by atoms with van der Waals surface area (Å²) in [6, 6.07) is 0. The van der Waals surface area contributed by atoms with Crippen LogP contribution in [0.4, 0.5) is 14.4 Å². The summed E-state index contributed by atoms with van der Waals surface area (Å²) in [5.74, 6) is -1.24. The molecular weight excluding hydrogens is 617 g/mol. The van der Waals surface area contributed by atoms with Gasteiger partial charge in [-0.2, -0.15) is 0 Å². The number of hydrogen-bond donors (Lipinski definition) is 1. The summed E-state index contributed by atoms with van der Waals surface area (Å²) in [6.07, 6.45) is -1.51. The van der Waals surface area contributed by atoms with Gasteiger partial charge in [-0.15, -0.1) is 0 Å². The summed E-state index contributed by atoms with van der Waals surface area (Å²) in [5.41, 5.74) is -3.55. The van der Waals surface area contributed by atoms with Crippen molar-refractivity contribution < 1.29 is 47.7 Å². The zero-order chi connectivity index (χ0) is 36.6. The van der Waals surface area contributed by atoms with Crippen LogP contribution >= 0.6 is 0 Å². The largest absolute Gasteiger partial charge is 0.461 e. The molecule has 0 aliphatic rings. The number of ether oxygens (including phenoxy) is 4. The Bertz CT molecular complexity index is 1080. The predicted octanol–water partition coefficient (Wildman–Crippen LogP) is 4.32. The molecule has 16 nitrogen and oxygen atoms in total. The first-order valence-electron chi connectivity index (χ1n) is 15.5. The van der Waals surface area contributed by atoms with E-state index in [0.717, 1.165) is 12.0 Å². The zero-order valence-electron chi connectivity index (χ0n) is 30.2. The second kappa shape index (κ2) is 19.9. The highest BCUT2D eigenvalue weighted by molar-refractivity contribution is 6.23. The number of rotatable bonds is 17. The van der Waals surface area contributed by atoms with Gasteiger partial charge in [0.15, 0.2) is 0 Å². The molecule has 0 heterocycles. The van der Waals surface area contributed by atoms with Gasteiger partial charge in [-0.1, -0.05) is 0 Å². The molecule has 47 heavy (non-hydrogen) atoms. The summed E-state index contributed by atoms with van der Waals surface area (Å²) >= 11 is 0. The van der Waals surface area contributed by atoms with Gasteiger partial charge in [0, 0.05) is 33.3 Å². The van der Waals surface area contributed by atoms with E-state index in [4.69, 9.17) is 23.6 Å². The lowest BCUT2D eigenvalue weighted by Gasteiger charge is -2.30. The van der Waals surface area contributed by atoms with Crippen LogP contribution in [-0.4, -0.2) is 122 Å². The van der Waals surface area contributed by atoms with Crippen molar-refractivity contribution in [3.05, 3.63) is 21.5 Å². The Hall–Kier alpha value is -3.60. The van der Waals surface area contributed by atoms with Crippen LogP contribution in [-0.2, 0) is 28.4 Å². The van der Waals surface area contributed by atoms with Crippen LogP contribution in [0.25, 0.3) is 0 Å². The summed E-state index contributed by atoms with van der Waals surface area (Å²) in [7, 11) is 5.72. The van der Waals surface area contributed by atoms with Crippen LogP contribution in [0.2, 0.25) is 0 Å². The van der Waals surface area contributed by atoms with Crippen molar-refractivity contribution in [2.45, 2.75) is 105 Å². The van der Waals surface area contributed by atoms with Gasteiger partial charge in [0.25, 0.3) is 0 Å². The van der Waals surface area contributed by atoms with E-state index < -0.39 is 51.7 Å². The number of nitrogens with zero attached hydrogens (tertiary/aromatic N) is 4. The first kappa shape index (κ1) is 43.4. The second-order valence-corrected chi connectivity index (χ2v) is 13.7. The van der Waals surface area contributed by atoms with Gasteiger partial charge in [-0.25, -0.2) is 19.2 Å². The molecule has 0 saturated carbocycles. The van der Waals surface area contributed by atoms with Crippen LogP contribution in [0.15, 0.2) is 11.4 Å². The van der Waals surface area contributed by atoms with Gasteiger partial charge in [0.1, 0.15) is 22.5 Å². The number of hydrogen-bond acceptors (Lipinski definition) is 12. The normalized spacial score (nSPS) is 12.4. The SMILES string of the molecule is CO[B]N(C)CCCN(C(=O)OC(C)(C)C)/C(CCCN(CCCNC(=O)OC(C)(C)C)C(=O)OC(C)(C)C)=C(\C(=O)OC)[N+](=O)[O-]. The fourth-order valence-electron chi connectivity index (χ4n) is 3.97. The highest BCUT2D eigenvalue weighted by atomic mass is 16.6. The maximum absolute atomic E-state index is 13.4. The summed E-state index contributed by atoms with van der Waals surface area (Å²) in [4.78, 5) is 66.8. The number of amides is 3. The molecule has 0 unspecified atom stereocenters. The second-order valence-electron chi connectivity index (χ2n) is 13.7. The minimum Gasteiger partial charge on any atom is -0.461 e. The Labute approximate surface area is 279 Å². The first-order valence-corrected chi connectivity index (χ1v) is 15.5. The number of nitrogens with one attached hydrogen (secondary N) is 1. The van der Waals surface area contributed by atoms with Crippen molar-refractivity contribution in [1.29, 1.82) is 0 Å². The summed E-state index contributed by atoms with van der Waals surface area (Å²) in [5, 5.41) is 14.8. The number of esters is 1. The molecule has 0 aromatic heterocycles. The van der Waals surface area contributed by atoms with Gasteiger partial charge < -0.3 is 38.6 Å². The minimum atomic E-state index is -1.24. The Morgan fingerprint density at radius 2 is 1.30 bits per heavy atom. The number of nitro groups is 1. The predicted molar refractivity (Wildman–Crippen MR) is 175 cm³/mol. The molecule has 0 atom stereocenters. The lowest BCUT2D eigenvalue weighted by Crippen LogP contribution is -2.41. The van der Waals surface area contributed by atoms with E-state index in [1.807, 2.05) is 0 Å². The third-order valence-corrected chi connectivity index (χ3v) is 5.72. The molecule has 269 valence electrons. The molecule has 0 aromatic rings. The van der Waals surface area contributed by atoms with Crippen molar-refractivity contribution in [2.75, 3.05) is 54.0 Å². The number of alkyl carbamates (subject to hydrolysis) is 1. The Morgan fingerprint density at radius 3 is 1.79 bits per heavy atom. The van der Waals surface area contributed by atoms with Crippen LogP contribution in [0.1, 0.15) is 88.0 Å². The van der Waals surface area contributed by atoms with Crippen LogP contribution in [0.3, 0.4) is 0 Å². The fourth-order valence-corrected chi connectivity index (χ4v) is 3.97. The number of methoxy groups -OCH3 is 1. The maximum atomic E-state index is 13.4. The molecule has 1 radical (unpaired) electrons. The molecule has 0 aromatic carbocycles. The standard InChI is InChI=1S/C30H55BN5O11/c1-28(2,3)45-25(38)32-17-14-20-34(26(39)46-29(4,5)6)19-13-16-22(23(36(41)42)24(37)43-11)35(27(40)47-30(7,8)9)21-15-18-33(10)31-44-12/h13-21H2,1-12H3,(H,32,38)/b23-22+. The molecule has 0 rings (SSSR count). The average molecular weight is 673 g/mol. The molecule has 0 saturated heterocycles. The minimum absolute atomic E-state index is 0.0351. The number of carbonyl (C=O) groups is 4. The van der Waals surface area contributed by atoms with Crippen LogP contribution in [0, 0.1) is 10.1 Å². The van der Waals surface area contributed by atoms with Crippen molar-refractivity contribution in [1.82, 2.24) is 19.9 Å². The van der Waals surface area contributed by atoms with Gasteiger partial charge in [0.05, 0.1) is 12.0 Å². The highest BCUT2D eigenvalue weighted by Crippen LogP contribution is 2.23. The molecule has 1 N–H and O–H groups in total. The highest BCUT2D eigenvalue weighted by Gasteiger charge is 2.36. The van der Waals surface area contributed by atoms with Gasteiger partial charge in [0.2, 0.25) is 0 Å². The molecular formula is C30H55BN5O11. The van der Waals surface area contributed by atoms with Crippen LogP contribution in [0.5, 0.6) is 0 Å². The monoisotopic (exact) mass is 672 g/mol. The van der Waals surface area contributed by atoms with Crippen molar-refractivity contribution in [3.8, 4) is 0 Å². The average Bonchev–Trinajstić information content (AvgIpc) is 2.88. The smallest absolute Gasteiger partial charge is 0.414 e.